The first kappa shape index (κ1) is 11.3. The predicted molar refractivity (Wildman–Crippen MR) is 55.1 cm³/mol. The SMILES string of the molecule is CC1(C)CC(CC2(F)CNC2)C1.Cl. The van der Waals surface area contributed by atoms with Crippen LogP contribution in [0.3, 0.4) is 0 Å². The average Bonchev–Trinajstić information content (AvgIpc) is 1.80. The second-order valence-corrected chi connectivity index (χ2v) is 5.40. The molecule has 0 atom stereocenters. The van der Waals surface area contributed by atoms with Crippen LogP contribution in [0.4, 0.5) is 4.39 Å². The molecular formula is C10H19ClFN. The highest BCUT2D eigenvalue weighted by Crippen LogP contribution is 2.48. The fourth-order valence-electron chi connectivity index (χ4n) is 2.71. The molecule has 13 heavy (non-hydrogen) atoms. The zero-order chi connectivity index (χ0) is 8.82. The predicted octanol–water partition coefficient (Wildman–Crippen LogP) is 2.55. The number of nitrogens with one attached hydrogen (secondary N) is 1. The maximum atomic E-state index is 13.6. The molecule has 0 bridgehead atoms. The highest BCUT2D eigenvalue weighted by atomic mass is 35.5. The Kier molecular flexibility index (Phi) is 2.94. The lowest BCUT2D eigenvalue weighted by molar-refractivity contribution is 0.00137. The van der Waals surface area contributed by atoms with Crippen LogP contribution >= 0.6 is 12.4 Å². The molecule has 1 heterocycles. The van der Waals surface area contributed by atoms with Crippen molar-refractivity contribution in [2.45, 2.75) is 38.8 Å². The van der Waals surface area contributed by atoms with Crippen LogP contribution in [-0.2, 0) is 0 Å². The van der Waals surface area contributed by atoms with Crippen LogP contribution in [0.15, 0.2) is 0 Å². The van der Waals surface area contributed by atoms with Crippen LogP contribution in [0.5, 0.6) is 0 Å². The largest absolute Gasteiger partial charge is 0.310 e. The van der Waals surface area contributed by atoms with E-state index < -0.39 is 5.67 Å². The smallest absolute Gasteiger partial charge is 0.136 e. The molecule has 1 saturated carbocycles. The first-order valence-corrected chi connectivity index (χ1v) is 4.89. The maximum Gasteiger partial charge on any atom is 0.136 e. The van der Waals surface area contributed by atoms with E-state index in [0.717, 1.165) is 6.42 Å². The average molecular weight is 208 g/mol. The van der Waals surface area contributed by atoms with Gasteiger partial charge in [0.15, 0.2) is 0 Å². The lowest BCUT2D eigenvalue weighted by Crippen LogP contribution is -2.58. The Morgan fingerprint density at radius 2 is 1.85 bits per heavy atom. The molecule has 0 radical (unpaired) electrons. The van der Waals surface area contributed by atoms with Crippen molar-refractivity contribution < 1.29 is 4.39 Å². The molecule has 0 spiro atoms. The van der Waals surface area contributed by atoms with Crippen molar-refractivity contribution in [3.63, 3.8) is 0 Å². The van der Waals surface area contributed by atoms with Crippen LogP contribution < -0.4 is 5.32 Å². The molecule has 1 N–H and O–H groups in total. The topological polar surface area (TPSA) is 12.0 Å². The summed E-state index contributed by atoms with van der Waals surface area (Å²) < 4.78 is 13.6. The van der Waals surface area contributed by atoms with Crippen molar-refractivity contribution >= 4 is 12.4 Å². The number of hydrogen-bond acceptors (Lipinski definition) is 1. The summed E-state index contributed by atoms with van der Waals surface area (Å²) in [4.78, 5) is 0. The van der Waals surface area contributed by atoms with Gasteiger partial charge in [0.2, 0.25) is 0 Å². The van der Waals surface area contributed by atoms with Gasteiger partial charge in [-0.1, -0.05) is 13.8 Å². The van der Waals surface area contributed by atoms with Crippen molar-refractivity contribution in [3.8, 4) is 0 Å². The van der Waals surface area contributed by atoms with Gasteiger partial charge in [-0.25, -0.2) is 4.39 Å². The number of halogens is 2. The van der Waals surface area contributed by atoms with Gasteiger partial charge in [0, 0.05) is 13.1 Å². The van der Waals surface area contributed by atoms with E-state index in [1.807, 2.05) is 0 Å². The van der Waals surface area contributed by atoms with Gasteiger partial charge >= 0.3 is 0 Å². The van der Waals surface area contributed by atoms with Crippen molar-refractivity contribution in [2.24, 2.45) is 11.3 Å². The quantitative estimate of drug-likeness (QED) is 0.734. The lowest BCUT2D eigenvalue weighted by Gasteiger charge is -2.47. The molecule has 0 aromatic heterocycles. The summed E-state index contributed by atoms with van der Waals surface area (Å²) in [6.07, 6.45) is 3.24. The molecule has 1 nitrogen and oxygen atoms in total. The van der Waals surface area contributed by atoms with Crippen molar-refractivity contribution in [2.75, 3.05) is 13.1 Å². The molecule has 3 heteroatoms. The molecule has 78 valence electrons. The molecule has 1 aliphatic heterocycles. The normalized spacial score (nSPS) is 29.8. The summed E-state index contributed by atoms with van der Waals surface area (Å²) in [6.45, 7) is 5.72. The van der Waals surface area contributed by atoms with Gasteiger partial charge in [-0.15, -0.1) is 12.4 Å². The van der Waals surface area contributed by atoms with E-state index in [1.54, 1.807) is 0 Å². The second kappa shape index (κ2) is 3.39. The summed E-state index contributed by atoms with van der Waals surface area (Å²) >= 11 is 0. The van der Waals surface area contributed by atoms with Crippen LogP contribution in [-0.4, -0.2) is 18.8 Å². The fraction of sp³-hybridized carbons (Fsp3) is 1.00. The van der Waals surface area contributed by atoms with Crippen LogP contribution in [0, 0.1) is 11.3 Å². The Labute approximate surface area is 85.9 Å². The standard InChI is InChI=1S/C10H18FN.ClH/c1-9(2)3-8(4-9)5-10(11)6-12-7-10;/h8,12H,3-7H2,1-2H3;1H. The monoisotopic (exact) mass is 207 g/mol. The van der Waals surface area contributed by atoms with E-state index in [2.05, 4.69) is 19.2 Å². The summed E-state index contributed by atoms with van der Waals surface area (Å²) in [5.74, 6) is 0.659. The van der Waals surface area contributed by atoms with Crippen molar-refractivity contribution in [1.29, 1.82) is 0 Å². The summed E-state index contributed by atoms with van der Waals surface area (Å²) in [5, 5.41) is 3.00. The van der Waals surface area contributed by atoms with Gasteiger partial charge in [0.1, 0.15) is 5.67 Å². The van der Waals surface area contributed by atoms with E-state index in [1.165, 1.54) is 12.8 Å². The molecule has 1 aliphatic carbocycles. The van der Waals surface area contributed by atoms with E-state index in [9.17, 15) is 4.39 Å². The highest BCUT2D eigenvalue weighted by molar-refractivity contribution is 5.85. The lowest BCUT2D eigenvalue weighted by atomic mass is 9.61. The number of alkyl halides is 1. The molecule has 1 saturated heterocycles. The van der Waals surface area contributed by atoms with Crippen LogP contribution in [0.1, 0.15) is 33.1 Å². The van der Waals surface area contributed by atoms with E-state index in [4.69, 9.17) is 0 Å². The molecule has 2 rings (SSSR count). The zero-order valence-corrected chi connectivity index (χ0v) is 9.22. The third-order valence-corrected chi connectivity index (χ3v) is 3.22. The van der Waals surface area contributed by atoms with E-state index in [0.29, 0.717) is 24.4 Å². The molecular weight excluding hydrogens is 189 g/mol. The van der Waals surface area contributed by atoms with Crippen LogP contribution in [0.2, 0.25) is 0 Å². The van der Waals surface area contributed by atoms with E-state index in [-0.39, 0.29) is 12.4 Å². The fourth-order valence-corrected chi connectivity index (χ4v) is 2.71. The Hall–Kier alpha value is 0.180. The van der Waals surface area contributed by atoms with Crippen molar-refractivity contribution in [1.82, 2.24) is 5.32 Å². The van der Waals surface area contributed by atoms with Gasteiger partial charge in [0.05, 0.1) is 0 Å². The minimum absolute atomic E-state index is 0. The molecule has 0 aromatic carbocycles. The van der Waals surface area contributed by atoms with Gasteiger partial charge in [0.25, 0.3) is 0 Å². The Morgan fingerprint density at radius 3 is 2.15 bits per heavy atom. The van der Waals surface area contributed by atoms with Crippen LogP contribution in [0.25, 0.3) is 0 Å². The second-order valence-electron chi connectivity index (χ2n) is 5.40. The molecule has 0 unspecified atom stereocenters. The first-order valence-electron chi connectivity index (χ1n) is 4.89. The minimum Gasteiger partial charge on any atom is -0.310 e. The van der Waals surface area contributed by atoms with Gasteiger partial charge in [-0.2, -0.15) is 0 Å². The molecule has 2 aliphatic rings. The Morgan fingerprint density at radius 1 is 1.31 bits per heavy atom. The van der Waals surface area contributed by atoms with Gasteiger partial charge in [-0.05, 0) is 30.6 Å². The summed E-state index contributed by atoms with van der Waals surface area (Å²) in [7, 11) is 0. The number of rotatable bonds is 2. The minimum atomic E-state index is -0.846. The maximum absolute atomic E-state index is 13.6. The first-order chi connectivity index (χ1) is 5.49. The molecule has 2 fully saturated rings. The summed E-state index contributed by atoms with van der Waals surface area (Å²) in [6, 6.07) is 0. The third kappa shape index (κ3) is 2.35. The highest BCUT2D eigenvalue weighted by Gasteiger charge is 2.44. The van der Waals surface area contributed by atoms with Crippen molar-refractivity contribution in [3.05, 3.63) is 0 Å². The molecule has 0 aromatic rings. The van der Waals surface area contributed by atoms with Gasteiger partial charge in [-0.3, -0.25) is 0 Å². The summed E-state index contributed by atoms with van der Waals surface area (Å²) in [5.41, 5.74) is -0.348. The Bertz CT molecular complexity index is 181. The zero-order valence-electron chi connectivity index (χ0n) is 8.40. The number of hydrogen-bond donors (Lipinski definition) is 1. The van der Waals surface area contributed by atoms with E-state index >= 15 is 0 Å². The molecule has 0 amide bonds. The Balaban J connectivity index is 0.000000845. The third-order valence-electron chi connectivity index (χ3n) is 3.22. The van der Waals surface area contributed by atoms with Gasteiger partial charge < -0.3 is 5.32 Å².